The molecule has 1 aliphatic heterocycles. The molecule has 0 saturated carbocycles. The minimum absolute atomic E-state index is 0.128. The summed E-state index contributed by atoms with van der Waals surface area (Å²) >= 11 is 5.95. The molecule has 162 valence electrons. The number of hydrazone groups is 1. The van der Waals surface area contributed by atoms with E-state index in [-0.39, 0.29) is 12.5 Å². The molecule has 2 aromatic carbocycles. The SMILES string of the molecule is O=C(N/N=C\c1ccccc1OCC(=O)N1CCOCC1)C(=O)Nc1ccccc1Cl. The maximum Gasteiger partial charge on any atom is 0.329 e. The molecule has 9 nitrogen and oxygen atoms in total. The van der Waals surface area contributed by atoms with Gasteiger partial charge in [-0.05, 0) is 24.3 Å². The summed E-state index contributed by atoms with van der Waals surface area (Å²) in [7, 11) is 0. The molecular formula is C21H21ClN4O5. The van der Waals surface area contributed by atoms with E-state index in [4.69, 9.17) is 21.1 Å². The number of benzene rings is 2. The van der Waals surface area contributed by atoms with Gasteiger partial charge in [-0.15, -0.1) is 0 Å². The third kappa shape index (κ3) is 6.53. The Bertz CT molecular complexity index is 976. The third-order valence-electron chi connectivity index (χ3n) is 4.33. The average molecular weight is 445 g/mol. The quantitative estimate of drug-likeness (QED) is 0.400. The highest BCUT2D eigenvalue weighted by atomic mass is 35.5. The van der Waals surface area contributed by atoms with Gasteiger partial charge >= 0.3 is 11.8 Å². The molecule has 0 radical (unpaired) electrons. The van der Waals surface area contributed by atoms with E-state index in [9.17, 15) is 14.4 Å². The van der Waals surface area contributed by atoms with Crippen molar-refractivity contribution in [3.8, 4) is 5.75 Å². The molecule has 2 N–H and O–H groups in total. The van der Waals surface area contributed by atoms with Crippen molar-refractivity contribution in [2.75, 3.05) is 38.2 Å². The number of carbonyl (C=O) groups is 3. The van der Waals surface area contributed by atoms with Crippen molar-refractivity contribution in [3.63, 3.8) is 0 Å². The first-order chi connectivity index (χ1) is 15.0. The summed E-state index contributed by atoms with van der Waals surface area (Å²) in [6.45, 7) is 1.97. The molecule has 0 spiro atoms. The van der Waals surface area contributed by atoms with Gasteiger partial charge in [0.25, 0.3) is 5.91 Å². The van der Waals surface area contributed by atoms with Crippen LogP contribution in [0.3, 0.4) is 0 Å². The predicted octanol–water partition coefficient (Wildman–Crippen LogP) is 1.67. The lowest BCUT2D eigenvalue weighted by atomic mass is 10.2. The second-order valence-electron chi connectivity index (χ2n) is 6.45. The van der Waals surface area contributed by atoms with Crippen LogP contribution in [0.5, 0.6) is 5.75 Å². The second kappa shape index (κ2) is 11.1. The van der Waals surface area contributed by atoms with Gasteiger partial charge in [0.05, 0.1) is 30.1 Å². The van der Waals surface area contributed by atoms with E-state index in [1.54, 1.807) is 53.4 Å². The number of ether oxygens (including phenoxy) is 2. The molecule has 0 aromatic heterocycles. The molecule has 3 amide bonds. The molecule has 1 aliphatic rings. The van der Waals surface area contributed by atoms with Crippen LogP contribution in [0.4, 0.5) is 5.69 Å². The van der Waals surface area contributed by atoms with E-state index < -0.39 is 11.8 Å². The number of hydrogen-bond donors (Lipinski definition) is 2. The molecule has 0 aliphatic carbocycles. The smallest absolute Gasteiger partial charge is 0.329 e. The zero-order chi connectivity index (χ0) is 22.1. The molecule has 0 unspecified atom stereocenters. The number of carbonyl (C=O) groups excluding carboxylic acids is 3. The lowest BCUT2D eigenvalue weighted by molar-refractivity contribution is -0.137. The largest absolute Gasteiger partial charge is 0.483 e. The molecule has 1 saturated heterocycles. The predicted molar refractivity (Wildman–Crippen MR) is 115 cm³/mol. The molecule has 1 fully saturated rings. The molecule has 0 bridgehead atoms. The third-order valence-corrected chi connectivity index (χ3v) is 4.66. The molecule has 3 rings (SSSR count). The number of nitrogens with one attached hydrogen (secondary N) is 2. The second-order valence-corrected chi connectivity index (χ2v) is 6.86. The van der Waals surface area contributed by atoms with E-state index in [0.29, 0.717) is 48.3 Å². The number of halogens is 1. The minimum Gasteiger partial charge on any atom is -0.483 e. The van der Waals surface area contributed by atoms with Crippen molar-refractivity contribution < 1.29 is 23.9 Å². The number of rotatable bonds is 6. The van der Waals surface area contributed by atoms with Crippen LogP contribution in [0.1, 0.15) is 5.56 Å². The number of amides is 3. The van der Waals surface area contributed by atoms with Crippen LogP contribution in [0.15, 0.2) is 53.6 Å². The fourth-order valence-corrected chi connectivity index (χ4v) is 2.90. The van der Waals surface area contributed by atoms with E-state index in [1.165, 1.54) is 6.21 Å². The van der Waals surface area contributed by atoms with Crippen molar-refractivity contribution in [2.24, 2.45) is 5.10 Å². The van der Waals surface area contributed by atoms with Crippen LogP contribution < -0.4 is 15.5 Å². The highest BCUT2D eigenvalue weighted by molar-refractivity contribution is 6.41. The van der Waals surface area contributed by atoms with Gasteiger partial charge < -0.3 is 19.7 Å². The monoisotopic (exact) mass is 444 g/mol. The standard InChI is InChI=1S/C21H21ClN4O5/c22-16-6-2-3-7-17(16)24-20(28)21(29)25-23-13-15-5-1-4-8-18(15)31-14-19(27)26-9-11-30-12-10-26/h1-8,13H,9-12,14H2,(H,24,28)(H,25,29)/b23-13-. The number of anilines is 1. The van der Waals surface area contributed by atoms with Crippen molar-refractivity contribution in [2.45, 2.75) is 0 Å². The Hall–Kier alpha value is -3.43. The lowest BCUT2D eigenvalue weighted by Gasteiger charge is -2.26. The van der Waals surface area contributed by atoms with Crippen molar-refractivity contribution in [1.82, 2.24) is 10.3 Å². The van der Waals surface area contributed by atoms with Crippen LogP contribution >= 0.6 is 11.6 Å². The maximum absolute atomic E-state index is 12.2. The Morgan fingerprint density at radius 3 is 2.55 bits per heavy atom. The van der Waals surface area contributed by atoms with E-state index in [0.717, 1.165) is 0 Å². The summed E-state index contributed by atoms with van der Waals surface area (Å²) in [5, 5.41) is 6.51. The van der Waals surface area contributed by atoms with Gasteiger partial charge in [-0.25, -0.2) is 5.43 Å². The first kappa shape index (κ1) is 22.3. The summed E-state index contributed by atoms with van der Waals surface area (Å²) in [5.74, 6) is -1.59. The summed E-state index contributed by atoms with van der Waals surface area (Å²) in [5.41, 5.74) is 2.99. The lowest BCUT2D eigenvalue weighted by Crippen LogP contribution is -2.43. The van der Waals surface area contributed by atoms with Crippen LogP contribution in [0.25, 0.3) is 0 Å². The number of nitrogens with zero attached hydrogens (tertiary/aromatic N) is 2. The van der Waals surface area contributed by atoms with E-state index in [1.807, 2.05) is 0 Å². The van der Waals surface area contributed by atoms with E-state index in [2.05, 4.69) is 15.8 Å². The Labute approximate surface area is 184 Å². The zero-order valence-corrected chi connectivity index (χ0v) is 17.3. The summed E-state index contributed by atoms with van der Waals surface area (Å²) < 4.78 is 10.8. The van der Waals surface area contributed by atoms with Crippen LogP contribution in [-0.4, -0.2) is 61.7 Å². The minimum atomic E-state index is -0.961. The fourth-order valence-electron chi connectivity index (χ4n) is 2.72. The Balaban J connectivity index is 1.53. The molecule has 2 aromatic rings. The number of para-hydroxylation sites is 2. The molecular weight excluding hydrogens is 424 g/mol. The first-order valence-electron chi connectivity index (χ1n) is 9.51. The van der Waals surface area contributed by atoms with Gasteiger partial charge in [0.1, 0.15) is 5.75 Å². The van der Waals surface area contributed by atoms with Crippen molar-refractivity contribution in [1.29, 1.82) is 0 Å². The highest BCUT2D eigenvalue weighted by Crippen LogP contribution is 2.20. The Morgan fingerprint density at radius 2 is 1.77 bits per heavy atom. The zero-order valence-electron chi connectivity index (χ0n) is 16.5. The van der Waals surface area contributed by atoms with Gasteiger partial charge in [-0.2, -0.15) is 5.10 Å². The van der Waals surface area contributed by atoms with E-state index >= 15 is 0 Å². The number of morpholine rings is 1. The summed E-state index contributed by atoms with van der Waals surface area (Å²) in [6.07, 6.45) is 1.33. The Kier molecular flexibility index (Phi) is 7.97. The fraction of sp³-hybridized carbons (Fsp3) is 0.238. The summed E-state index contributed by atoms with van der Waals surface area (Å²) in [6, 6.07) is 13.4. The van der Waals surface area contributed by atoms with Crippen molar-refractivity contribution in [3.05, 3.63) is 59.1 Å². The maximum atomic E-state index is 12.2. The van der Waals surface area contributed by atoms with Gasteiger partial charge in [-0.3, -0.25) is 14.4 Å². The topological polar surface area (TPSA) is 109 Å². The van der Waals surface area contributed by atoms with Crippen molar-refractivity contribution >= 4 is 41.2 Å². The van der Waals surface area contributed by atoms with Gasteiger partial charge in [0.15, 0.2) is 6.61 Å². The highest BCUT2D eigenvalue weighted by Gasteiger charge is 2.18. The average Bonchev–Trinajstić information content (AvgIpc) is 2.80. The number of hydrogen-bond acceptors (Lipinski definition) is 6. The molecule has 1 heterocycles. The Morgan fingerprint density at radius 1 is 1.06 bits per heavy atom. The molecule has 31 heavy (non-hydrogen) atoms. The van der Waals surface area contributed by atoms with Crippen LogP contribution in [-0.2, 0) is 19.1 Å². The molecule has 10 heteroatoms. The van der Waals surface area contributed by atoms with Gasteiger partial charge in [-0.1, -0.05) is 35.9 Å². The van der Waals surface area contributed by atoms with Gasteiger partial charge in [0.2, 0.25) is 0 Å². The summed E-state index contributed by atoms with van der Waals surface area (Å²) in [4.78, 5) is 37.8. The normalized spacial score (nSPS) is 13.6. The van der Waals surface area contributed by atoms with Crippen LogP contribution in [0, 0.1) is 0 Å². The first-order valence-corrected chi connectivity index (χ1v) is 9.88. The van der Waals surface area contributed by atoms with Crippen LogP contribution in [0.2, 0.25) is 5.02 Å². The van der Waals surface area contributed by atoms with Gasteiger partial charge in [0, 0.05) is 18.7 Å². The molecule has 0 atom stereocenters.